The zero-order valence-corrected chi connectivity index (χ0v) is 17.6. The number of ketones is 1. The van der Waals surface area contributed by atoms with Crippen molar-refractivity contribution < 1.29 is 31.9 Å². The zero-order chi connectivity index (χ0) is 22.3. The molecule has 0 radical (unpaired) electrons. The van der Waals surface area contributed by atoms with Crippen LogP contribution in [0.3, 0.4) is 0 Å². The van der Waals surface area contributed by atoms with Crippen LogP contribution in [-0.2, 0) is 35.5 Å². The Hall–Kier alpha value is -2.66. The number of amidine groups is 1. The van der Waals surface area contributed by atoms with Gasteiger partial charge in [0.15, 0.2) is 15.9 Å². The first kappa shape index (κ1) is 22.0. The summed E-state index contributed by atoms with van der Waals surface area (Å²) in [5.74, 6) is -3.27. The van der Waals surface area contributed by atoms with Crippen LogP contribution < -0.4 is 5.32 Å². The molecule has 30 heavy (non-hydrogen) atoms. The number of likely N-dealkylation sites (N-methyl/N-ethyl adjacent to an activating group) is 1. The van der Waals surface area contributed by atoms with Crippen LogP contribution in [0.4, 0.5) is 4.39 Å². The van der Waals surface area contributed by atoms with Crippen molar-refractivity contribution in [3.8, 4) is 0 Å². The second-order valence-corrected chi connectivity index (χ2v) is 9.49. The molecule has 2 amide bonds. The highest BCUT2D eigenvalue weighted by Crippen LogP contribution is 2.30. The minimum atomic E-state index is -3.75. The van der Waals surface area contributed by atoms with Gasteiger partial charge in [-0.25, -0.2) is 17.8 Å². The van der Waals surface area contributed by atoms with Gasteiger partial charge in [-0.3, -0.25) is 19.3 Å². The number of nitrogens with one attached hydrogen (secondary N) is 1. The van der Waals surface area contributed by atoms with Crippen LogP contribution in [0, 0.1) is 5.82 Å². The molecule has 0 bridgehead atoms. The van der Waals surface area contributed by atoms with Gasteiger partial charge in [0.25, 0.3) is 17.6 Å². The molecule has 2 aliphatic rings. The molecule has 2 unspecified atom stereocenters. The maximum atomic E-state index is 13.5. The smallest absolute Gasteiger partial charge is 0.297 e. The molecular formula is C19H22FN3O6S. The number of halogens is 1. The minimum absolute atomic E-state index is 0.147. The number of ether oxygens (including phenoxy) is 1. The summed E-state index contributed by atoms with van der Waals surface area (Å²) in [4.78, 5) is 42.4. The lowest BCUT2D eigenvalue weighted by atomic mass is 9.97. The van der Waals surface area contributed by atoms with E-state index in [-0.39, 0.29) is 22.8 Å². The topological polar surface area (TPSA) is 122 Å². The summed E-state index contributed by atoms with van der Waals surface area (Å²) in [7, 11) is -2.35. The number of benzene rings is 1. The van der Waals surface area contributed by atoms with Crippen LogP contribution in [0.25, 0.3) is 0 Å². The average Bonchev–Trinajstić information content (AvgIpc) is 3.11. The van der Waals surface area contributed by atoms with Gasteiger partial charge < -0.3 is 10.1 Å². The van der Waals surface area contributed by atoms with E-state index >= 15 is 0 Å². The summed E-state index contributed by atoms with van der Waals surface area (Å²) in [5, 5.41) is 2.42. The number of carbonyl (C=O) groups is 3. The van der Waals surface area contributed by atoms with E-state index in [1.807, 2.05) is 0 Å². The van der Waals surface area contributed by atoms with E-state index in [2.05, 4.69) is 10.3 Å². The van der Waals surface area contributed by atoms with Gasteiger partial charge in [-0.1, -0.05) is 6.07 Å². The number of hydrogen-bond donors (Lipinski definition) is 1. The minimum Gasteiger partial charge on any atom is -0.367 e. The summed E-state index contributed by atoms with van der Waals surface area (Å²) in [5.41, 5.74) is -0.737. The van der Waals surface area contributed by atoms with Crippen LogP contribution in [0.15, 0.2) is 28.1 Å². The van der Waals surface area contributed by atoms with E-state index in [4.69, 9.17) is 4.74 Å². The van der Waals surface area contributed by atoms with Crippen molar-refractivity contribution in [2.45, 2.75) is 42.8 Å². The number of rotatable bonds is 5. The predicted molar refractivity (Wildman–Crippen MR) is 104 cm³/mol. The number of aliphatic imine (C=N–C) groups is 1. The predicted octanol–water partition coefficient (Wildman–Crippen LogP) is 0.223. The summed E-state index contributed by atoms with van der Waals surface area (Å²) in [6.07, 6.45) is 2.26. The second kappa shape index (κ2) is 7.88. The Morgan fingerprint density at radius 2 is 2.10 bits per heavy atom. The van der Waals surface area contributed by atoms with Gasteiger partial charge in [0, 0.05) is 26.5 Å². The molecule has 3 rings (SSSR count). The maximum Gasteiger partial charge on any atom is 0.297 e. The van der Waals surface area contributed by atoms with Gasteiger partial charge >= 0.3 is 0 Å². The van der Waals surface area contributed by atoms with Gasteiger partial charge in [0.05, 0.1) is 4.90 Å². The molecule has 0 saturated carbocycles. The number of Topliss-reactive ketones (excluding diaryl/α,β-unsaturated/α-hetero) is 1. The fraction of sp³-hybridized carbons (Fsp3) is 0.474. The first-order valence-corrected chi connectivity index (χ1v) is 11.1. The number of carbonyl (C=O) groups excluding carboxylic acids is 3. The molecule has 2 aliphatic heterocycles. The molecule has 1 saturated heterocycles. The van der Waals surface area contributed by atoms with E-state index < -0.39 is 44.9 Å². The molecule has 1 N–H and O–H groups in total. The lowest BCUT2D eigenvalue weighted by Crippen LogP contribution is -2.58. The van der Waals surface area contributed by atoms with Crippen molar-refractivity contribution in [1.82, 2.24) is 10.2 Å². The Morgan fingerprint density at radius 3 is 2.70 bits per heavy atom. The monoisotopic (exact) mass is 439 g/mol. The van der Waals surface area contributed by atoms with Crippen molar-refractivity contribution in [2.24, 2.45) is 4.99 Å². The highest BCUT2D eigenvalue weighted by atomic mass is 32.2. The van der Waals surface area contributed by atoms with E-state index in [9.17, 15) is 27.2 Å². The second-order valence-electron chi connectivity index (χ2n) is 7.51. The van der Waals surface area contributed by atoms with Crippen LogP contribution in [0.5, 0.6) is 0 Å². The van der Waals surface area contributed by atoms with Crippen molar-refractivity contribution in [3.63, 3.8) is 0 Å². The molecule has 0 aliphatic carbocycles. The Morgan fingerprint density at radius 1 is 1.40 bits per heavy atom. The lowest BCUT2D eigenvalue weighted by molar-refractivity contribution is -0.145. The third-order valence-corrected chi connectivity index (χ3v) is 6.33. The summed E-state index contributed by atoms with van der Waals surface area (Å²) < 4.78 is 42.9. The van der Waals surface area contributed by atoms with Crippen molar-refractivity contribution >= 4 is 33.3 Å². The van der Waals surface area contributed by atoms with Crippen molar-refractivity contribution in [1.29, 1.82) is 0 Å². The van der Waals surface area contributed by atoms with Gasteiger partial charge in [-0.2, -0.15) is 0 Å². The number of amides is 2. The first-order valence-electron chi connectivity index (χ1n) is 9.24. The number of hydrogen-bond acceptors (Lipinski definition) is 7. The third kappa shape index (κ3) is 4.12. The molecule has 0 aromatic heterocycles. The Labute approximate surface area is 173 Å². The molecule has 162 valence electrons. The molecule has 9 nitrogen and oxygen atoms in total. The first-order chi connectivity index (χ1) is 13.9. The maximum absolute atomic E-state index is 13.5. The normalized spacial score (nSPS) is 24.7. The Balaban J connectivity index is 1.85. The van der Waals surface area contributed by atoms with Crippen molar-refractivity contribution in [3.05, 3.63) is 29.6 Å². The fourth-order valence-electron chi connectivity index (χ4n) is 3.57. The third-order valence-electron chi connectivity index (χ3n) is 5.15. The largest absolute Gasteiger partial charge is 0.367 e. The van der Waals surface area contributed by atoms with E-state index in [0.29, 0.717) is 13.0 Å². The Kier molecular flexibility index (Phi) is 5.79. The molecule has 11 heteroatoms. The van der Waals surface area contributed by atoms with Crippen LogP contribution in [0.1, 0.15) is 25.3 Å². The summed E-state index contributed by atoms with van der Waals surface area (Å²) in [6, 6.07) is 1.55. The average molecular weight is 439 g/mol. The number of nitrogens with zero attached hydrogens (tertiary/aromatic N) is 2. The number of sulfone groups is 1. The molecule has 0 spiro atoms. The van der Waals surface area contributed by atoms with Crippen molar-refractivity contribution in [2.75, 3.05) is 19.9 Å². The van der Waals surface area contributed by atoms with E-state index in [0.717, 1.165) is 29.7 Å². The zero-order valence-electron chi connectivity index (χ0n) is 16.8. The summed E-state index contributed by atoms with van der Waals surface area (Å²) >= 11 is 0. The van der Waals surface area contributed by atoms with Crippen LogP contribution >= 0.6 is 0 Å². The molecule has 2 heterocycles. The molecule has 1 aromatic carbocycles. The van der Waals surface area contributed by atoms with Gasteiger partial charge in [-0.15, -0.1) is 0 Å². The summed E-state index contributed by atoms with van der Waals surface area (Å²) in [6.45, 7) is 1.93. The molecule has 1 fully saturated rings. The van der Waals surface area contributed by atoms with Gasteiger partial charge in [-0.05, 0) is 37.5 Å². The van der Waals surface area contributed by atoms with Gasteiger partial charge in [0.2, 0.25) is 0 Å². The highest BCUT2D eigenvalue weighted by Gasteiger charge is 2.47. The fourth-order valence-corrected chi connectivity index (χ4v) is 4.51. The lowest BCUT2D eigenvalue weighted by Gasteiger charge is -2.35. The van der Waals surface area contributed by atoms with Gasteiger partial charge in [0.1, 0.15) is 17.3 Å². The Bertz CT molecular complexity index is 1050. The highest BCUT2D eigenvalue weighted by molar-refractivity contribution is 7.90. The van der Waals surface area contributed by atoms with E-state index in [1.54, 1.807) is 6.92 Å². The SMILES string of the molecule is CN1C(=O)C(=O)C(C(=O)NCc2ccc(F)cc2S(C)(=O)=O)N=C1C1(C)CCCO1. The molecular weight excluding hydrogens is 417 g/mol. The van der Waals surface area contributed by atoms with E-state index in [1.165, 1.54) is 13.1 Å². The quantitative estimate of drug-likeness (QED) is 0.517. The molecule has 1 aromatic rings. The molecule has 2 atom stereocenters. The van der Waals surface area contributed by atoms with Crippen LogP contribution in [0.2, 0.25) is 0 Å². The van der Waals surface area contributed by atoms with Crippen LogP contribution in [-0.4, -0.2) is 68.3 Å². The standard InChI is InChI=1S/C19H22FN3O6S/c1-19(7-4-8-29-19)18-22-14(15(24)17(26)23(18)2)16(25)21-10-11-5-6-12(20)9-13(11)30(3,27)28/h5-6,9,14H,4,7-8,10H2,1-3H3,(H,21,25).